The van der Waals surface area contributed by atoms with Crippen molar-refractivity contribution in [1.29, 1.82) is 0 Å². The number of ether oxygens (including phenoxy) is 1. The summed E-state index contributed by atoms with van der Waals surface area (Å²) >= 11 is 8.01. The molecule has 0 saturated carbocycles. The molecule has 4 nitrogen and oxygen atoms in total. The molecule has 1 N–H and O–H groups in total. The molecule has 1 heterocycles. The average molecular weight is 479 g/mol. The Hall–Kier alpha value is -2.89. The van der Waals surface area contributed by atoms with Crippen LogP contribution in [0, 0.1) is 0 Å². The van der Waals surface area contributed by atoms with Crippen molar-refractivity contribution in [1.82, 2.24) is 4.98 Å². The highest BCUT2D eigenvalue weighted by molar-refractivity contribution is 7.21. The standard InChI is InChI=1S/C27H27ClN2O2S/c1-26(2,3)18-11-13-19(14-12-18)32-27(4,5)25(31)30-22-16-17(10-15-20(22)28)24-29-21-8-6-7-9-23(21)33-24/h6-16H,1-5H3,(H,30,31). The van der Waals surface area contributed by atoms with E-state index in [1.807, 2.05) is 60.7 Å². The molecular formula is C27H27ClN2O2S. The summed E-state index contributed by atoms with van der Waals surface area (Å²) in [4.78, 5) is 17.8. The van der Waals surface area contributed by atoms with Gasteiger partial charge in [-0.1, -0.05) is 62.7 Å². The lowest BCUT2D eigenvalue weighted by Gasteiger charge is -2.26. The van der Waals surface area contributed by atoms with E-state index >= 15 is 0 Å². The molecule has 0 aliphatic rings. The molecule has 0 spiro atoms. The average Bonchev–Trinajstić information content (AvgIpc) is 3.19. The smallest absolute Gasteiger partial charge is 0.268 e. The van der Waals surface area contributed by atoms with E-state index in [4.69, 9.17) is 21.3 Å². The number of nitrogens with one attached hydrogen (secondary N) is 1. The van der Waals surface area contributed by atoms with Crippen molar-refractivity contribution in [2.45, 2.75) is 45.6 Å². The van der Waals surface area contributed by atoms with Crippen LogP contribution >= 0.6 is 22.9 Å². The summed E-state index contributed by atoms with van der Waals surface area (Å²) in [5.41, 5.74) is 2.53. The molecule has 0 bridgehead atoms. The minimum absolute atomic E-state index is 0.0520. The highest BCUT2D eigenvalue weighted by atomic mass is 35.5. The summed E-state index contributed by atoms with van der Waals surface area (Å²) in [5.74, 6) is 0.350. The predicted molar refractivity (Wildman–Crippen MR) is 139 cm³/mol. The van der Waals surface area contributed by atoms with Crippen LogP contribution in [0.15, 0.2) is 66.7 Å². The van der Waals surface area contributed by atoms with Gasteiger partial charge in [0, 0.05) is 5.56 Å². The molecule has 4 aromatic rings. The number of carbonyl (C=O) groups is 1. The highest BCUT2D eigenvalue weighted by Gasteiger charge is 2.31. The largest absolute Gasteiger partial charge is 0.478 e. The minimum atomic E-state index is -1.10. The van der Waals surface area contributed by atoms with E-state index in [2.05, 4.69) is 26.1 Å². The number of hydrogen-bond donors (Lipinski definition) is 1. The first-order chi connectivity index (χ1) is 15.5. The van der Waals surface area contributed by atoms with Gasteiger partial charge >= 0.3 is 0 Å². The van der Waals surface area contributed by atoms with Crippen LogP contribution < -0.4 is 10.1 Å². The molecule has 0 aliphatic heterocycles. The van der Waals surface area contributed by atoms with Crippen LogP contribution in [0.3, 0.4) is 0 Å². The van der Waals surface area contributed by atoms with E-state index in [-0.39, 0.29) is 11.3 Å². The molecule has 170 valence electrons. The second-order valence-electron chi connectivity index (χ2n) is 9.52. The number of rotatable bonds is 5. The molecule has 0 unspecified atom stereocenters. The van der Waals surface area contributed by atoms with Crippen LogP contribution in [-0.4, -0.2) is 16.5 Å². The van der Waals surface area contributed by atoms with Crippen molar-refractivity contribution in [2.24, 2.45) is 0 Å². The SMILES string of the molecule is CC(C)(Oc1ccc(C(C)(C)C)cc1)C(=O)Nc1cc(-c2nc3ccccc3s2)ccc1Cl. The molecule has 33 heavy (non-hydrogen) atoms. The molecule has 0 saturated heterocycles. The van der Waals surface area contributed by atoms with Gasteiger partial charge < -0.3 is 10.1 Å². The zero-order valence-electron chi connectivity index (χ0n) is 19.4. The van der Waals surface area contributed by atoms with Crippen molar-refractivity contribution in [3.8, 4) is 16.3 Å². The van der Waals surface area contributed by atoms with Crippen LogP contribution in [0.4, 0.5) is 5.69 Å². The normalized spacial score (nSPS) is 12.1. The number of halogens is 1. The second-order valence-corrected chi connectivity index (χ2v) is 11.0. The maximum absolute atomic E-state index is 13.1. The van der Waals surface area contributed by atoms with Gasteiger partial charge in [0.1, 0.15) is 10.8 Å². The number of amides is 1. The van der Waals surface area contributed by atoms with E-state index in [0.29, 0.717) is 16.5 Å². The summed E-state index contributed by atoms with van der Waals surface area (Å²) < 4.78 is 7.14. The number of carbonyl (C=O) groups excluding carboxylic acids is 1. The Labute approximate surface area is 203 Å². The van der Waals surface area contributed by atoms with E-state index in [9.17, 15) is 4.79 Å². The molecular weight excluding hydrogens is 452 g/mol. The molecule has 1 amide bonds. The Morgan fingerprint density at radius 1 is 0.970 bits per heavy atom. The monoisotopic (exact) mass is 478 g/mol. The van der Waals surface area contributed by atoms with Crippen molar-refractivity contribution in [3.63, 3.8) is 0 Å². The molecule has 1 aromatic heterocycles. The Morgan fingerprint density at radius 3 is 2.33 bits per heavy atom. The molecule has 6 heteroatoms. The number of thiazole rings is 1. The van der Waals surface area contributed by atoms with Gasteiger partial charge in [-0.15, -0.1) is 11.3 Å². The van der Waals surface area contributed by atoms with Gasteiger partial charge in [0.05, 0.1) is 20.9 Å². The number of anilines is 1. The topological polar surface area (TPSA) is 51.2 Å². The van der Waals surface area contributed by atoms with Gasteiger partial charge in [0.2, 0.25) is 0 Å². The van der Waals surface area contributed by atoms with Crippen LogP contribution in [0.2, 0.25) is 5.02 Å². The van der Waals surface area contributed by atoms with Crippen LogP contribution in [-0.2, 0) is 10.2 Å². The van der Waals surface area contributed by atoms with Gasteiger partial charge in [-0.05, 0) is 61.2 Å². The lowest BCUT2D eigenvalue weighted by Crippen LogP contribution is -2.42. The minimum Gasteiger partial charge on any atom is -0.478 e. The van der Waals surface area contributed by atoms with Crippen LogP contribution in [0.25, 0.3) is 20.8 Å². The van der Waals surface area contributed by atoms with Crippen molar-refractivity contribution < 1.29 is 9.53 Å². The van der Waals surface area contributed by atoms with E-state index in [1.54, 1.807) is 31.3 Å². The highest BCUT2D eigenvalue weighted by Crippen LogP contribution is 2.34. The third-order valence-corrected chi connectivity index (χ3v) is 6.81. The van der Waals surface area contributed by atoms with Crippen LogP contribution in [0.1, 0.15) is 40.2 Å². The fraction of sp³-hybridized carbons (Fsp3) is 0.259. The van der Waals surface area contributed by atoms with Gasteiger partial charge in [0.25, 0.3) is 5.91 Å². The molecule has 4 rings (SSSR count). The Morgan fingerprint density at radius 2 is 1.67 bits per heavy atom. The van der Waals surface area contributed by atoms with E-state index in [0.717, 1.165) is 20.8 Å². The van der Waals surface area contributed by atoms with Crippen molar-refractivity contribution >= 4 is 44.7 Å². The van der Waals surface area contributed by atoms with E-state index < -0.39 is 5.60 Å². The summed E-state index contributed by atoms with van der Waals surface area (Å²) in [6.45, 7) is 9.96. The maximum atomic E-state index is 13.1. The quantitative estimate of drug-likeness (QED) is 0.319. The molecule has 0 aliphatic carbocycles. The fourth-order valence-electron chi connectivity index (χ4n) is 3.39. The summed E-state index contributed by atoms with van der Waals surface area (Å²) in [7, 11) is 0. The molecule has 0 fully saturated rings. The zero-order chi connectivity index (χ0) is 23.8. The number of para-hydroxylation sites is 1. The summed E-state index contributed by atoms with van der Waals surface area (Å²) in [5, 5.41) is 4.26. The van der Waals surface area contributed by atoms with Gasteiger partial charge in [-0.2, -0.15) is 0 Å². The van der Waals surface area contributed by atoms with E-state index in [1.165, 1.54) is 5.56 Å². The van der Waals surface area contributed by atoms with Gasteiger partial charge in [-0.3, -0.25) is 4.79 Å². The third-order valence-electron chi connectivity index (χ3n) is 5.40. The Bertz CT molecular complexity index is 1270. The lowest BCUT2D eigenvalue weighted by molar-refractivity contribution is -0.128. The zero-order valence-corrected chi connectivity index (χ0v) is 21.0. The Kier molecular flexibility index (Phi) is 6.21. The Balaban J connectivity index is 1.52. The van der Waals surface area contributed by atoms with Gasteiger partial charge in [0.15, 0.2) is 5.60 Å². The second kappa shape index (κ2) is 8.81. The molecule has 3 aromatic carbocycles. The number of benzene rings is 3. The fourth-order valence-corrected chi connectivity index (χ4v) is 4.51. The first-order valence-corrected chi connectivity index (χ1v) is 12.0. The summed E-state index contributed by atoms with van der Waals surface area (Å²) in [6, 6.07) is 21.4. The predicted octanol–water partition coefficient (Wildman–Crippen LogP) is 7.71. The number of nitrogens with zero attached hydrogens (tertiary/aromatic N) is 1. The molecule has 0 radical (unpaired) electrons. The van der Waals surface area contributed by atoms with Crippen LogP contribution in [0.5, 0.6) is 5.75 Å². The summed E-state index contributed by atoms with van der Waals surface area (Å²) in [6.07, 6.45) is 0. The van der Waals surface area contributed by atoms with Crippen molar-refractivity contribution in [2.75, 3.05) is 5.32 Å². The van der Waals surface area contributed by atoms with Crippen molar-refractivity contribution in [3.05, 3.63) is 77.3 Å². The molecule has 0 atom stereocenters. The van der Waals surface area contributed by atoms with Gasteiger partial charge in [-0.25, -0.2) is 4.98 Å². The first kappa shape index (κ1) is 23.3. The number of fused-ring (bicyclic) bond motifs is 1. The number of hydrogen-bond acceptors (Lipinski definition) is 4. The third kappa shape index (κ3) is 5.21. The lowest BCUT2D eigenvalue weighted by atomic mass is 9.87. The maximum Gasteiger partial charge on any atom is 0.268 e. The number of aromatic nitrogens is 1. The first-order valence-electron chi connectivity index (χ1n) is 10.8.